The van der Waals surface area contributed by atoms with Crippen molar-refractivity contribution < 1.29 is 23.1 Å². The minimum atomic E-state index is -0.802. The van der Waals surface area contributed by atoms with E-state index in [0.29, 0.717) is 6.54 Å². The van der Waals surface area contributed by atoms with Gasteiger partial charge in [-0.1, -0.05) is 49.2 Å². The summed E-state index contributed by atoms with van der Waals surface area (Å²) in [5.74, 6) is -2.75. The number of hydrogen-bond donors (Lipinski definition) is 2. The smallest absolute Gasteiger partial charge is 0.276 e. The van der Waals surface area contributed by atoms with Gasteiger partial charge < -0.3 is 19.5 Å². The van der Waals surface area contributed by atoms with Crippen LogP contribution in [0.1, 0.15) is 57.7 Å². The standard InChI is InChI=1S/C29H28F2N4O4/c30-19-11-10-18(21(31)12-19)13-32-28(37)20-14-34-15-24-33-22-8-4-5-9-23(22)35(24)29(38)25(34)27(26(20)36)39-16-17-6-2-1-3-7-17/h1-3,6-7,10-12,14,22-24,33H,4-5,8-9,13,15-16H2,(H,32,37)/t22-,23?,24-/m0/s1. The molecule has 39 heavy (non-hydrogen) atoms. The third-order valence-electron chi connectivity index (χ3n) is 7.80. The number of benzene rings is 2. The predicted molar refractivity (Wildman–Crippen MR) is 138 cm³/mol. The molecule has 3 heterocycles. The number of ether oxygens (including phenoxy) is 1. The molecule has 1 unspecified atom stereocenters. The summed E-state index contributed by atoms with van der Waals surface area (Å²) in [6.45, 7) is 0.144. The van der Waals surface area contributed by atoms with Gasteiger partial charge in [-0.15, -0.1) is 0 Å². The lowest BCUT2D eigenvalue weighted by molar-refractivity contribution is 0.0541. The number of fused-ring (bicyclic) bond motifs is 4. The molecule has 202 valence electrons. The average molecular weight is 535 g/mol. The van der Waals surface area contributed by atoms with Crippen molar-refractivity contribution in [3.63, 3.8) is 0 Å². The monoisotopic (exact) mass is 534 g/mol. The van der Waals surface area contributed by atoms with E-state index in [0.717, 1.165) is 43.4 Å². The number of aromatic nitrogens is 1. The third kappa shape index (κ3) is 4.69. The van der Waals surface area contributed by atoms with E-state index in [1.165, 1.54) is 12.3 Å². The molecule has 2 fully saturated rings. The van der Waals surface area contributed by atoms with E-state index in [1.54, 1.807) is 4.57 Å². The molecular formula is C29H28F2N4O4. The van der Waals surface area contributed by atoms with E-state index < -0.39 is 23.0 Å². The van der Waals surface area contributed by atoms with Gasteiger partial charge in [0.2, 0.25) is 5.43 Å². The molecule has 1 aromatic heterocycles. The van der Waals surface area contributed by atoms with Crippen LogP contribution < -0.4 is 20.8 Å². The molecule has 10 heteroatoms. The quantitative estimate of drug-likeness (QED) is 0.506. The maximum Gasteiger partial charge on any atom is 0.276 e. The van der Waals surface area contributed by atoms with Crippen LogP contribution in [-0.2, 0) is 19.7 Å². The Morgan fingerprint density at radius 1 is 1.08 bits per heavy atom. The molecule has 1 saturated heterocycles. The predicted octanol–water partition coefficient (Wildman–Crippen LogP) is 3.33. The van der Waals surface area contributed by atoms with Gasteiger partial charge in [0, 0.05) is 36.5 Å². The van der Waals surface area contributed by atoms with Crippen LogP contribution in [0.2, 0.25) is 0 Å². The first-order chi connectivity index (χ1) is 18.9. The first-order valence-electron chi connectivity index (χ1n) is 13.2. The molecule has 8 nitrogen and oxygen atoms in total. The zero-order valence-electron chi connectivity index (χ0n) is 21.2. The number of carbonyl (C=O) groups is 2. The molecule has 3 aromatic rings. The molecule has 3 atom stereocenters. The zero-order chi connectivity index (χ0) is 27.1. The van der Waals surface area contributed by atoms with Crippen molar-refractivity contribution in [1.29, 1.82) is 0 Å². The normalized spacial score (nSPS) is 21.6. The molecule has 2 amide bonds. The van der Waals surface area contributed by atoms with Crippen LogP contribution in [0.25, 0.3) is 0 Å². The van der Waals surface area contributed by atoms with Crippen LogP contribution >= 0.6 is 0 Å². The number of halogens is 2. The van der Waals surface area contributed by atoms with Gasteiger partial charge >= 0.3 is 0 Å². The van der Waals surface area contributed by atoms with E-state index in [4.69, 9.17) is 4.74 Å². The highest BCUT2D eigenvalue weighted by molar-refractivity contribution is 5.99. The van der Waals surface area contributed by atoms with Crippen molar-refractivity contribution in [3.05, 3.63) is 99.0 Å². The molecule has 0 bridgehead atoms. The van der Waals surface area contributed by atoms with Crippen molar-refractivity contribution >= 4 is 11.8 Å². The fourth-order valence-corrected chi connectivity index (χ4v) is 5.90. The molecule has 0 radical (unpaired) electrons. The minimum absolute atomic E-state index is 0.0377. The van der Waals surface area contributed by atoms with E-state index in [1.807, 2.05) is 35.2 Å². The van der Waals surface area contributed by atoms with Gasteiger partial charge in [-0.25, -0.2) is 8.78 Å². The summed E-state index contributed by atoms with van der Waals surface area (Å²) in [5.41, 5.74) is 0.0660. The summed E-state index contributed by atoms with van der Waals surface area (Å²) in [6.07, 6.45) is 5.12. The molecule has 2 aromatic carbocycles. The van der Waals surface area contributed by atoms with E-state index in [9.17, 15) is 23.2 Å². The molecule has 1 saturated carbocycles. The Balaban J connectivity index is 1.35. The summed E-state index contributed by atoms with van der Waals surface area (Å²) in [6, 6.07) is 12.5. The summed E-state index contributed by atoms with van der Waals surface area (Å²) < 4.78 is 35.0. The van der Waals surface area contributed by atoms with Crippen molar-refractivity contribution in [2.75, 3.05) is 0 Å². The van der Waals surface area contributed by atoms with Crippen molar-refractivity contribution in [1.82, 2.24) is 20.1 Å². The molecular weight excluding hydrogens is 506 g/mol. The summed E-state index contributed by atoms with van der Waals surface area (Å²) in [7, 11) is 0. The second-order valence-corrected chi connectivity index (χ2v) is 10.2. The van der Waals surface area contributed by atoms with Crippen LogP contribution in [0.5, 0.6) is 5.75 Å². The Hall–Kier alpha value is -4.05. The number of rotatable bonds is 6. The van der Waals surface area contributed by atoms with Gasteiger partial charge in [-0.2, -0.15) is 0 Å². The molecule has 6 rings (SSSR count). The molecule has 0 spiro atoms. The molecule has 3 aliphatic rings. The Morgan fingerprint density at radius 2 is 1.87 bits per heavy atom. The van der Waals surface area contributed by atoms with Crippen LogP contribution in [0, 0.1) is 11.6 Å². The number of amides is 2. The largest absolute Gasteiger partial charge is 0.483 e. The van der Waals surface area contributed by atoms with Crippen molar-refractivity contribution in [2.24, 2.45) is 0 Å². The number of pyridine rings is 1. The van der Waals surface area contributed by atoms with Crippen LogP contribution in [0.3, 0.4) is 0 Å². The Kier molecular flexibility index (Phi) is 6.64. The van der Waals surface area contributed by atoms with Gasteiger partial charge in [0.15, 0.2) is 11.4 Å². The number of nitrogens with zero attached hydrogens (tertiary/aromatic N) is 2. The maximum absolute atomic E-state index is 14.1. The molecule has 2 N–H and O–H groups in total. The fraction of sp³-hybridized carbons (Fsp3) is 0.345. The van der Waals surface area contributed by atoms with E-state index >= 15 is 0 Å². The van der Waals surface area contributed by atoms with Gasteiger partial charge in [0.25, 0.3) is 11.8 Å². The highest BCUT2D eigenvalue weighted by atomic mass is 19.1. The summed E-state index contributed by atoms with van der Waals surface area (Å²) >= 11 is 0. The highest BCUT2D eigenvalue weighted by Gasteiger charge is 2.48. The Morgan fingerprint density at radius 3 is 2.67 bits per heavy atom. The molecule has 1 aliphatic carbocycles. The van der Waals surface area contributed by atoms with Crippen molar-refractivity contribution in [3.8, 4) is 5.75 Å². The Bertz CT molecular complexity index is 1490. The summed E-state index contributed by atoms with van der Waals surface area (Å²) in [4.78, 5) is 42.5. The second kappa shape index (κ2) is 10.3. The van der Waals surface area contributed by atoms with Gasteiger partial charge in [-0.05, 0) is 24.5 Å². The first-order valence-corrected chi connectivity index (χ1v) is 13.2. The SMILES string of the molecule is O=C(NCc1ccc(F)cc1F)c1cn2c(c(OCc3ccccc3)c1=O)C(=O)N1C3CCCC[C@@H]3N[C@@H]1C2. The summed E-state index contributed by atoms with van der Waals surface area (Å²) in [5, 5.41) is 6.10. The van der Waals surface area contributed by atoms with Crippen molar-refractivity contribution in [2.45, 2.75) is 63.6 Å². The van der Waals surface area contributed by atoms with E-state index in [-0.39, 0.29) is 59.9 Å². The Labute approximate surface area is 223 Å². The van der Waals surface area contributed by atoms with Gasteiger partial charge in [0.05, 0.1) is 6.54 Å². The lowest BCUT2D eigenvalue weighted by Crippen LogP contribution is -2.52. The number of nitrogens with one attached hydrogen (secondary N) is 2. The lowest BCUT2D eigenvalue weighted by atomic mass is 9.91. The minimum Gasteiger partial charge on any atom is -0.483 e. The van der Waals surface area contributed by atoms with Gasteiger partial charge in [0.1, 0.15) is 30.0 Å². The fourth-order valence-electron chi connectivity index (χ4n) is 5.90. The van der Waals surface area contributed by atoms with Crippen LogP contribution in [0.4, 0.5) is 8.78 Å². The highest BCUT2D eigenvalue weighted by Crippen LogP contribution is 2.35. The van der Waals surface area contributed by atoms with Gasteiger partial charge in [-0.3, -0.25) is 19.7 Å². The van der Waals surface area contributed by atoms with Crippen LogP contribution in [-0.4, -0.2) is 39.5 Å². The average Bonchev–Trinajstić information content (AvgIpc) is 3.31. The first kappa shape index (κ1) is 25.2. The topological polar surface area (TPSA) is 92.7 Å². The van der Waals surface area contributed by atoms with Crippen LogP contribution in [0.15, 0.2) is 59.5 Å². The third-order valence-corrected chi connectivity index (χ3v) is 7.80. The number of hydrogen-bond acceptors (Lipinski definition) is 5. The second-order valence-electron chi connectivity index (χ2n) is 10.2. The van der Waals surface area contributed by atoms with E-state index in [2.05, 4.69) is 10.6 Å². The maximum atomic E-state index is 14.1. The molecule has 2 aliphatic heterocycles. The lowest BCUT2D eigenvalue weighted by Gasteiger charge is -2.37. The number of carbonyl (C=O) groups excluding carboxylic acids is 2. The zero-order valence-corrected chi connectivity index (χ0v) is 21.2.